The molecule has 0 atom stereocenters. The van der Waals surface area contributed by atoms with Crippen molar-refractivity contribution in [2.45, 2.75) is 6.42 Å². The molecule has 1 N–H and O–H groups in total. The highest BCUT2D eigenvalue weighted by Gasteiger charge is 2.06. The van der Waals surface area contributed by atoms with Gasteiger partial charge < -0.3 is 10.0 Å². The summed E-state index contributed by atoms with van der Waals surface area (Å²) in [4.78, 5) is 23.2. The first kappa shape index (κ1) is 13.9. The predicted molar refractivity (Wildman–Crippen MR) is 65.3 cm³/mol. The molecule has 0 bridgehead atoms. The van der Waals surface area contributed by atoms with E-state index in [9.17, 15) is 14.0 Å². The minimum atomic E-state index is -0.947. The monoisotopic (exact) mass is 251 g/mol. The maximum absolute atomic E-state index is 12.6. The van der Waals surface area contributed by atoms with Crippen LogP contribution in [-0.4, -0.2) is 35.5 Å². The van der Waals surface area contributed by atoms with Gasteiger partial charge >= 0.3 is 5.97 Å². The maximum atomic E-state index is 12.6. The summed E-state index contributed by atoms with van der Waals surface area (Å²) < 4.78 is 12.6. The van der Waals surface area contributed by atoms with Crippen LogP contribution in [0.4, 0.5) is 4.39 Å². The molecule has 4 nitrogen and oxygen atoms in total. The topological polar surface area (TPSA) is 57.6 Å². The molecule has 0 radical (unpaired) electrons. The summed E-state index contributed by atoms with van der Waals surface area (Å²) in [6.45, 7) is 0.155. The van der Waals surface area contributed by atoms with Crippen LogP contribution < -0.4 is 0 Å². The molecule has 1 rings (SSSR count). The number of hydrogen-bond acceptors (Lipinski definition) is 2. The number of carbonyl (C=O) groups excluding carboxylic acids is 1. The lowest BCUT2D eigenvalue weighted by Gasteiger charge is -2.13. The summed E-state index contributed by atoms with van der Waals surface area (Å²) in [7, 11) is 1.53. The third-order valence-corrected chi connectivity index (χ3v) is 2.33. The zero-order valence-electron chi connectivity index (χ0n) is 9.97. The van der Waals surface area contributed by atoms with Gasteiger partial charge in [0.1, 0.15) is 5.82 Å². The third-order valence-electron chi connectivity index (χ3n) is 2.33. The SMILES string of the molecule is CN(CCC(=O)O)C(=O)/C=C/c1ccc(F)cc1. The van der Waals surface area contributed by atoms with Crippen molar-refractivity contribution < 1.29 is 19.1 Å². The number of carboxylic acid groups (broad SMARTS) is 1. The average Bonchev–Trinajstić information content (AvgIpc) is 2.34. The van der Waals surface area contributed by atoms with Gasteiger partial charge in [-0.15, -0.1) is 0 Å². The van der Waals surface area contributed by atoms with E-state index < -0.39 is 5.97 Å². The molecule has 0 saturated heterocycles. The molecule has 0 fully saturated rings. The number of carbonyl (C=O) groups is 2. The molecular weight excluding hydrogens is 237 g/mol. The first-order chi connectivity index (χ1) is 8.49. The number of likely N-dealkylation sites (N-methyl/N-ethyl adjacent to an activating group) is 1. The highest BCUT2D eigenvalue weighted by molar-refractivity contribution is 5.91. The molecule has 0 saturated carbocycles. The van der Waals surface area contributed by atoms with Crippen molar-refractivity contribution in [2.75, 3.05) is 13.6 Å². The first-order valence-electron chi connectivity index (χ1n) is 5.39. The van der Waals surface area contributed by atoms with E-state index in [4.69, 9.17) is 5.11 Å². The number of rotatable bonds is 5. The van der Waals surface area contributed by atoms with Gasteiger partial charge in [0.25, 0.3) is 0 Å². The van der Waals surface area contributed by atoms with Crippen LogP contribution in [0.3, 0.4) is 0 Å². The van der Waals surface area contributed by atoms with Gasteiger partial charge in [-0.1, -0.05) is 12.1 Å². The van der Waals surface area contributed by atoms with Gasteiger partial charge in [-0.05, 0) is 23.8 Å². The molecule has 0 aliphatic carbocycles. The molecule has 1 aromatic rings. The smallest absolute Gasteiger partial charge is 0.305 e. The van der Waals surface area contributed by atoms with Crippen molar-refractivity contribution in [2.24, 2.45) is 0 Å². The van der Waals surface area contributed by atoms with E-state index in [0.29, 0.717) is 5.56 Å². The average molecular weight is 251 g/mol. The summed E-state index contributed by atoms with van der Waals surface area (Å²) in [6.07, 6.45) is 2.79. The number of hydrogen-bond donors (Lipinski definition) is 1. The van der Waals surface area contributed by atoms with Crippen molar-refractivity contribution in [3.8, 4) is 0 Å². The number of nitrogens with zero attached hydrogens (tertiary/aromatic N) is 1. The molecule has 0 spiro atoms. The van der Waals surface area contributed by atoms with Crippen molar-refractivity contribution in [1.82, 2.24) is 4.90 Å². The van der Waals surface area contributed by atoms with Crippen molar-refractivity contribution in [1.29, 1.82) is 0 Å². The summed E-state index contributed by atoms with van der Waals surface area (Å²) in [5.41, 5.74) is 0.705. The largest absolute Gasteiger partial charge is 0.481 e. The number of amides is 1. The third kappa shape index (κ3) is 4.78. The van der Waals surface area contributed by atoms with Crippen LogP contribution in [-0.2, 0) is 9.59 Å². The normalized spacial score (nSPS) is 10.6. The van der Waals surface area contributed by atoms with Crippen LogP contribution in [0.5, 0.6) is 0 Å². The molecule has 96 valence electrons. The van der Waals surface area contributed by atoms with Gasteiger partial charge in [0.2, 0.25) is 5.91 Å². The van der Waals surface area contributed by atoms with E-state index >= 15 is 0 Å². The van der Waals surface area contributed by atoms with Gasteiger partial charge in [0.15, 0.2) is 0 Å². The van der Waals surface area contributed by atoms with Crippen LogP contribution in [0.2, 0.25) is 0 Å². The fourth-order valence-electron chi connectivity index (χ4n) is 1.24. The van der Waals surface area contributed by atoms with Crippen LogP contribution in [0.15, 0.2) is 30.3 Å². The van der Waals surface area contributed by atoms with E-state index in [1.54, 1.807) is 18.2 Å². The van der Waals surface area contributed by atoms with Crippen LogP contribution in [0.1, 0.15) is 12.0 Å². The highest BCUT2D eigenvalue weighted by atomic mass is 19.1. The first-order valence-corrected chi connectivity index (χ1v) is 5.39. The van der Waals surface area contributed by atoms with E-state index in [1.807, 2.05) is 0 Å². The minimum Gasteiger partial charge on any atom is -0.481 e. The Kier molecular flexibility index (Phi) is 5.05. The Bertz CT molecular complexity index is 454. The zero-order chi connectivity index (χ0) is 13.5. The Morgan fingerprint density at radius 3 is 2.50 bits per heavy atom. The zero-order valence-corrected chi connectivity index (χ0v) is 9.97. The molecule has 0 aliphatic heterocycles. The van der Waals surface area contributed by atoms with Crippen LogP contribution in [0, 0.1) is 5.82 Å². The van der Waals surface area contributed by atoms with Gasteiger partial charge in [0, 0.05) is 19.7 Å². The second-order valence-corrected chi connectivity index (χ2v) is 3.79. The Morgan fingerprint density at radius 2 is 1.94 bits per heavy atom. The Balaban J connectivity index is 2.53. The van der Waals surface area contributed by atoms with Gasteiger partial charge in [0.05, 0.1) is 6.42 Å². The predicted octanol–water partition coefficient (Wildman–Crippen LogP) is 1.77. The summed E-state index contributed by atoms with van der Waals surface area (Å²) >= 11 is 0. The summed E-state index contributed by atoms with van der Waals surface area (Å²) in [5, 5.41) is 8.49. The molecule has 0 aliphatic rings. The number of halogens is 1. The molecular formula is C13H14FNO3. The Hall–Kier alpha value is -2.17. The van der Waals surface area contributed by atoms with E-state index in [-0.39, 0.29) is 24.7 Å². The number of aliphatic carboxylic acids is 1. The van der Waals surface area contributed by atoms with Gasteiger partial charge in [-0.2, -0.15) is 0 Å². The van der Waals surface area contributed by atoms with Crippen LogP contribution >= 0.6 is 0 Å². The standard InChI is InChI=1S/C13H14FNO3/c1-15(9-8-13(17)18)12(16)7-4-10-2-5-11(14)6-3-10/h2-7H,8-9H2,1H3,(H,17,18)/b7-4+. The number of benzene rings is 1. The fraction of sp³-hybridized carbons (Fsp3) is 0.231. The van der Waals surface area contributed by atoms with Gasteiger partial charge in [-0.25, -0.2) is 4.39 Å². The minimum absolute atomic E-state index is 0.0906. The van der Waals surface area contributed by atoms with Crippen molar-refractivity contribution in [3.63, 3.8) is 0 Å². The lowest BCUT2D eigenvalue weighted by Crippen LogP contribution is -2.27. The van der Waals surface area contributed by atoms with Gasteiger partial charge in [-0.3, -0.25) is 9.59 Å². The fourth-order valence-corrected chi connectivity index (χ4v) is 1.24. The summed E-state index contributed by atoms with van der Waals surface area (Å²) in [5.74, 6) is -1.57. The lowest BCUT2D eigenvalue weighted by molar-refractivity contribution is -0.137. The second kappa shape index (κ2) is 6.54. The van der Waals surface area contributed by atoms with Crippen molar-refractivity contribution in [3.05, 3.63) is 41.7 Å². The Morgan fingerprint density at radius 1 is 1.33 bits per heavy atom. The lowest BCUT2D eigenvalue weighted by atomic mass is 10.2. The quantitative estimate of drug-likeness (QED) is 0.811. The Labute approximate surface area is 104 Å². The maximum Gasteiger partial charge on any atom is 0.305 e. The second-order valence-electron chi connectivity index (χ2n) is 3.79. The summed E-state index contributed by atoms with van der Waals surface area (Å²) in [6, 6.07) is 5.71. The molecule has 0 heterocycles. The molecule has 5 heteroatoms. The number of carboxylic acids is 1. The molecule has 1 amide bonds. The van der Waals surface area contributed by atoms with E-state index in [0.717, 1.165) is 0 Å². The van der Waals surface area contributed by atoms with E-state index in [1.165, 1.54) is 30.2 Å². The highest BCUT2D eigenvalue weighted by Crippen LogP contribution is 2.05. The molecule has 18 heavy (non-hydrogen) atoms. The van der Waals surface area contributed by atoms with Crippen molar-refractivity contribution >= 4 is 18.0 Å². The molecule has 1 aromatic carbocycles. The van der Waals surface area contributed by atoms with Crippen LogP contribution in [0.25, 0.3) is 6.08 Å². The molecule has 0 unspecified atom stereocenters. The van der Waals surface area contributed by atoms with E-state index in [2.05, 4.69) is 0 Å². The molecule has 0 aromatic heterocycles.